The Morgan fingerprint density at radius 1 is 1.18 bits per heavy atom. The van der Waals surface area contributed by atoms with E-state index in [4.69, 9.17) is 4.74 Å². The quantitative estimate of drug-likeness (QED) is 0.456. The van der Waals surface area contributed by atoms with Crippen LogP contribution in [0.15, 0.2) is 58.1 Å². The van der Waals surface area contributed by atoms with Gasteiger partial charge in [0.2, 0.25) is 0 Å². The second-order valence-corrected chi connectivity index (χ2v) is 7.14. The highest BCUT2D eigenvalue weighted by Gasteiger charge is 2.12. The standard InChI is InChI=1S/C21H20BrN3O3/c1-13-10-15(14(2)25(13)17-6-4-16(22)5-7-17)12-23-24-21(27)19-9-8-18(28-3)11-20(19)26/h4-12,26H,1-3H3,(H,24,27)/b23-12-. The molecule has 0 saturated heterocycles. The van der Waals surface area contributed by atoms with Gasteiger partial charge in [-0.15, -0.1) is 0 Å². The molecule has 144 valence electrons. The van der Waals surface area contributed by atoms with E-state index in [-0.39, 0.29) is 11.3 Å². The number of carbonyl (C=O) groups is 1. The number of carbonyl (C=O) groups excluding carboxylic acids is 1. The number of hydrazone groups is 1. The molecule has 0 unspecified atom stereocenters. The van der Waals surface area contributed by atoms with Gasteiger partial charge >= 0.3 is 0 Å². The molecule has 28 heavy (non-hydrogen) atoms. The number of aryl methyl sites for hydroxylation is 1. The molecule has 6 nitrogen and oxygen atoms in total. The third-order valence-electron chi connectivity index (χ3n) is 4.37. The van der Waals surface area contributed by atoms with Crippen molar-refractivity contribution in [1.82, 2.24) is 9.99 Å². The Labute approximate surface area is 171 Å². The molecule has 1 amide bonds. The average molecular weight is 442 g/mol. The van der Waals surface area contributed by atoms with E-state index in [9.17, 15) is 9.90 Å². The van der Waals surface area contributed by atoms with Crippen molar-refractivity contribution >= 4 is 28.1 Å². The molecular weight excluding hydrogens is 422 g/mol. The van der Waals surface area contributed by atoms with E-state index in [2.05, 4.69) is 31.0 Å². The maximum absolute atomic E-state index is 12.2. The summed E-state index contributed by atoms with van der Waals surface area (Å²) in [6.45, 7) is 4.01. The molecule has 1 aromatic heterocycles. The highest BCUT2D eigenvalue weighted by molar-refractivity contribution is 9.10. The SMILES string of the molecule is COc1ccc(C(=O)N/N=C\c2cc(C)n(-c3ccc(Br)cc3)c2C)c(O)c1. The summed E-state index contributed by atoms with van der Waals surface area (Å²) in [5.74, 6) is -0.198. The van der Waals surface area contributed by atoms with Crippen LogP contribution in [0.4, 0.5) is 0 Å². The lowest BCUT2D eigenvalue weighted by Crippen LogP contribution is -2.17. The van der Waals surface area contributed by atoms with E-state index in [1.807, 2.05) is 44.2 Å². The zero-order valence-corrected chi connectivity index (χ0v) is 17.3. The number of phenols is 1. The van der Waals surface area contributed by atoms with E-state index >= 15 is 0 Å². The minimum absolute atomic E-state index is 0.123. The van der Waals surface area contributed by atoms with Crippen LogP contribution in [-0.4, -0.2) is 28.9 Å². The van der Waals surface area contributed by atoms with Gasteiger partial charge in [0.25, 0.3) is 5.91 Å². The number of phenolic OH excluding ortho intramolecular Hbond substituents is 1. The minimum atomic E-state index is -0.502. The third-order valence-corrected chi connectivity index (χ3v) is 4.90. The topological polar surface area (TPSA) is 75.8 Å². The fourth-order valence-electron chi connectivity index (χ4n) is 2.96. The normalized spacial score (nSPS) is 11.0. The van der Waals surface area contributed by atoms with Gasteiger partial charge in [0.05, 0.1) is 18.9 Å². The smallest absolute Gasteiger partial charge is 0.275 e. The largest absolute Gasteiger partial charge is 0.507 e. The van der Waals surface area contributed by atoms with Crippen LogP contribution < -0.4 is 10.2 Å². The molecular formula is C21H20BrN3O3. The number of halogens is 1. The van der Waals surface area contributed by atoms with Crippen LogP contribution in [-0.2, 0) is 0 Å². The van der Waals surface area contributed by atoms with Crippen LogP contribution in [0.25, 0.3) is 5.69 Å². The summed E-state index contributed by atoms with van der Waals surface area (Å²) < 4.78 is 8.15. The van der Waals surface area contributed by atoms with Gasteiger partial charge in [-0.25, -0.2) is 5.43 Å². The minimum Gasteiger partial charge on any atom is -0.507 e. The van der Waals surface area contributed by atoms with Crippen LogP contribution >= 0.6 is 15.9 Å². The number of hydrogen-bond acceptors (Lipinski definition) is 4. The van der Waals surface area contributed by atoms with E-state index < -0.39 is 5.91 Å². The highest BCUT2D eigenvalue weighted by atomic mass is 79.9. The number of hydrogen-bond donors (Lipinski definition) is 2. The zero-order valence-electron chi connectivity index (χ0n) is 15.7. The van der Waals surface area contributed by atoms with Crippen LogP contribution in [0.5, 0.6) is 11.5 Å². The molecule has 0 aliphatic carbocycles. The maximum atomic E-state index is 12.2. The first-order chi connectivity index (χ1) is 13.4. The van der Waals surface area contributed by atoms with Crippen molar-refractivity contribution in [3.05, 3.63) is 75.5 Å². The lowest BCUT2D eigenvalue weighted by molar-refractivity contribution is 0.0952. The average Bonchev–Trinajstić information content (AvgIpc) is 2.96. The van der Waals surface area contributed by atoms with Crippen molar-refractivity contribution in [1.29, 1.82) is 0 Å². The summed E-state index contributed by atoms with van der Waals surface area (Å²) in [7, 11) is 1.49. The van der Waals surface area contributed by atoms with Crippen LogP contribution in [0.3, 0.4) is 0 Å². The molecule has 3 rings (SSSR count). The number of methoxy groups -OCH3 is 1. The zero-order chi connectivity index (χ0) is 20.3. The van der Waals surface area contributed by atoms with E-state index in [0.717, 1.165) is 27.1 Å². The Hall–Kier alpha value is -3.06. The van der Waals surface area contributed by atoms with Gasteiger partial charge in [-0.2, -0.15) is 5.10 Å². The fourth-order valence-corrected chi connectivity index (χ4v) is 3.22. The number of amides is 1. The van der Waals surface area contributed by atoms with Crippen molar-refractivity contribution in [3.63, 3.8) is 0 Å². The van der Waals surface area contributed by atoms with Crippen molar-refractivity contribution in [2.75, 3.05) is 7.11 Å². The first-order valence-corrected chi connectivity index (χ1v) is 9.35. The Morgan fingerprint density at radius 3 is 2.54 bits per heavy atom. The summed E-state index contributed by atoms with van der Waals surface area (Å²) in [5.41, 5.74) is 6.56. The third kappa shape index (κ3) is 4.09. The van der Waals surface area contributed by atoms with Crippen LogP contribution in [0, 0.1) is 13.8 Å². The Kier molecular flexibility index (Phi) is 5.84. The Morgan fingerprint density at radius 2 is 1.89 bits per heavy atom. The molecule has 0 aliphatic rings. The molecule has 0 bridgehead atoms. The molecule has 0 fully saturated rings. The number of aromatic nitrogens is 1. The maximum Gasteiger partial charge on any atom is 0.275 e. The van der Waals surface area contributed by atoms with Crippen molar-refractivity contribution in [2.24, 2.45) is 5.10 Å². The molecule has 2 N–H and O–H groups in total. The molecule has 2 aromatic carbocycles. The van der Waals surface area contributed by atoms with Crippen molar-refractivity contribution in [2.45, 2.75) is 13.8 Å². The van der Waals surface area contributed by atoms with Crippen molar-refractivity contribution < 1.29 is 14.6 Å². The van der Waals surface area contributed by atoms with E-state index in [1.165, 1.54) is 19.2 Å². The van der Waals surface area contributed by atoms with Gasteiger partial charge in [0.15, 0.2) is 0 Å². The van der Waals surface area contributed by atoms with Gasteiger partial charge in [-0.1, -0.05) is 15.9 Å². The first-order valence-electron chi connectivity index (χ1n) is 8.56. The van der Waals surface area contributed by atoms with Gasteiger partial charge in [-0.3, -0.25) is 4.79 Å². The molecule has 0 atom stereocenters. The van der Waals surface area contributed by atoms with E-state index in [1.54, 1.807) is 12.3 Å². The number of rotatable bonds is 5. The summed E-state index contributed by atoms with van der Waals surface area (Å²) >= 11 is 3.44. The molecule has 7 heteroatoms. The summed E-state index contributed by atoms with van der Waals surface area (Å²) in [5, 5.41) is 14.0. The predicted molar refractivity (Wildman–Crippen MR) is 113 cm³/mol. The van der Waals surface area contributed by atoms with Gasteiger partial charge < -0.3 is 14.4 Å². The van der Waals surface area contributed by atoms with Crippen LogP contribution in [0.2, 0.25) is 0 Å². The lowest BCUT2D eigenvalue weighted by atomic mass is 10.2. The Balaban J connectivity index is 1.77. The molecule has 0 saturated carbocycles. The van der Waals surface area contributed by atoms with E-state index in [0.29, 0.717) is 5.75 Å². The summed E-state index contributed by atoms with van der Waals surface area (Å²) in [6, 6.07) is 14.5. The first kappa shape index (κ1) is 19.7. The number of ether oxygens (including phenoxy) is 1. The lowest BCUT2D eigenvalue weighted by Gasteiger charge is -2.09. The second-order valence-electron chi connectivity index (χ2n) is 6.22. The molecule has 0 spiro atoms. The summed E-state index contributed by atoms with van der Waals surface area (Å²) in [4.78, 5) is 12.2. The number of nitrogens with zero attached hydrogens (tertiary/aromatic N) is 2. The second kappa shape index (κ2) is 8.31. The molecule has 1 heterocycles. The number of aromatic hydroxyl groups is 1. The molecule has 3 aromatic rings. The number of benzene rings is 2. The monoisotopic (exact) mass is 441 g/mol. The van der Waals surface area contributed by atoms with Crippen LogP contribution in [0.1, 0.15) is 27.3 Å². The number of nitrogens with one attached hydrogen (secondary N) is 1. The van der Waals surface area contributed by atoms with Gasteiger partial charge in [-0.05, 0) is 56.3 Å². The molecule has 0 aliphatic heterocycles. The Bertz CT molecular complexity index is 1040. The van der Waals surface area contributed by atoms with Crippen molar-refractivity contribution in [3.8, 4) is 17.2 Å². The van der Waals surface area contributed by atoms with Gasteiger partial charge in [0.1, 0.15) is 11.5 Å². The molecule has 0 radical (unpaired) electrons. The summed E-state index contributed by atoms with van der Waals surface area (Å²) in [6.07, 6.45) is 1.59. The van der Waals surface area contributed by atoms with Gasteiger partial charge in [0, 0.05) is 33.2 Å². The fraction of sp³-hybridized carbons (Fsp3) is 0.143. The predicted octanol–water partition coefficient (Wildman–Crippen LogP) is 4.33. The highest BCUT2D eigenvalue weighted by Crippen LogP contribution is 2.23.